The third-order valence-electron chi connectivity index (χ3n) is 3.20. The number of benzene rings is 2. The van der Waals surface area contributed by atoms with Crippen molar-refractivity contribution in [1.82, 2.24) is 5.32 Å². The van der Waals surface area contributed by atoms with Gasteiger partial charge >= 0.3 is 0 Å². The third-order valence-corrected chi connectivity index (χ3v) is 3.89. The molecule has 0 saturated heterocycles. The van der Waals surface area contributed by atoms with Gasteiger partial charge in [-0.15, -0.1) is 0 Å². The van der Waals surface area contributed by atoms with Gasteiger partial charge in [0.2, 0.25) is 0 Å². The fourth-order valence-corrected chi connectivity index (χ4v) is 2.48. The van der Waals surface area contributed by atoms with E-state index >= 15 is 0 Å². The monoisotopic (exact) mass is 347 g/mol. The Labute approximate surface area is 133 Å². The van der Waals surface area contributed by atoms with Gasteiger partial charge in [-0.05, 0) is 59.1 Å². The Morgan fingerprint density at radius 1 is 1.24 bits per heavy atom. The Kier molecular flexibility index (Phi) is 5.39. The molecule has 0 heterocycles. The van der Waals surface area contributed by atoms with Gasteiger partial charge in [-0.2, -0.15) is 0 Å². The fraction of sp³-hybridized carbons (Fsp3) is 0.235. The molecule has 0 spiro atoms. The number of halogens is 1. The molecule has 0 fully saturated rings. The van der Waals surface area contributed by atoms with E-state index in [9.17, 15) is 4.79 Å². The van der Waals surface area contributed by atoms with Crippen LogP contribution >= 0.6 is 15.9 Å². The predicted molar refractivity (Wildman–Crippen MR) is 87.9 cm³/mol. The number of carbonyl (C=O) groups is 1. The first kappa shape index (κ1) is 15.6. The van der Waals surface area contributed by atoms with Crippen LogP contribution < -0.4 is 10.1 Å². The molecule has 2 aromatic carbocycles. The highest BCUT2D eigenvalue weighted by Gasteiger charge is 2.09. The van der Waals surface area contributed by atoms with Crippen LogP contribution in [0.25, 0.3) is 0 Å². The van der Waals surface area contributed by atoms with Gasteiger partial charge in [0.15, 0.2) is 0 Å². The third kappa shape index (κ3) is 4.33. The highest BCUT2D eigenvalue weighted by Crippen LogP contribution is 2.18. The SMILES string of the molecule is COc1cccc(CCNC(=O)c2cc(C)ccc2Br)c1. The maximum absolute atomic E-state index is 12.2. The van der Waals surface area contributed by atoms with Crippen molar-refractivity contribution in [3.8, 4) is 5.75 Å². The van der Waals surface area contributed by atoms with Gasteiger partial charge in [0.1, 0.15) is 5.75 Å². The molecule has 0 saturated carbocycles. The first-order valence-corrected chi connectivity index (χ1v) is 7.56. The lowest BCUT2D eigenvalue weighted by Crippen LogP contribution is -2.26. The van der Waals surface area contributed by atoms with Crippen molar-refractivity contribution in [2.45, 2.75) is 13.3 Å². The Balaban J connectivity index is 1.93. The highest BCUT2D eigenvalue weighted by atomic mass is 79.9. The van der Waals surface area contributed by atoms with E-state index in [0.29, 0.717) is 12.1 Å². The van der Waals surface area contributed by atoms with Crippen LogP contribution in [0.3, 0.4) is 0 Å². The lowest BCUT2D eigenvalue weighted by molar-refractivity contribution is 0.0953. The second-order valence-corrected chi connectivity index (χ2v) is 5.70. The number of hydrogen-bond donors (Lipinski definition) is 1. The van der Waals surface area contributed by atoms with Crippen molar-refractivity contribution in [2.24, 2.45) is 0 Å². The van der Waals surface area contributed by atoms with Gasteiger partial charge in [0, 0.05) is 11.0 Å². The van der Waals surface area contributed by atoms with E-state index in [-0.39, 0.29) is 5.91 Å². The molecule has 0 unspecified atom stereocenters. The number of rotatable bonds is 5. The number of nitrogens with one attached hydrogen (secondary N) is 1. The molecule has 3 nitrogen and oxygen atoms in total. The second-order valence-electron chi connectivity index (χ2n) is 4.84. The average molecular weight is 348 g/mol. The Morgan fingerprint density at radius 3 is 2.81 bits per heavy atom. The van der Waals surface area contributed by atoms with Crippen LogP contribution in [0, 0.1) is 6.92 Å². The van der Waals surface area contributed by atoms with E-state index < -0.39 is 0 Å². The van der Waals surface area contributed by atoms with Crippen molar-refractivity contribution < 1.29 is 9.53 Å². The molecular weight excluding hydrogens is 330 g/mol. The van der Waals surface area contributed by atoms with E-state index in [1.807, 2.05) is 49.4 Å². The number of aryl methyl sites for hydroxylation is 1. The van der Waals surface area contributed by atoms with Gasteiger partial charge in [0.25, 0.3) is 5.91 Å². The van der Waals surface area contributed by atoms with Crippen LogP contribution in [0.4, 0.5) is 0 Å². The molecule has 0 aliphatic heterocycles. The van der Waals surface area contributed by atoms with Crippen LogP contribution in [0.2, 0.25) is 0 Å². The molecular formula is C17H18BrNO2. The molecule has 0 aliphatic rings. The average Bonchev–Trinajstić information content (AvgIpc) is 2.49. The van der Waals surface area contributed by atoms with E-state index in [0.717, 1.165) is 27.8 Å². The summed E-state index contributed by atoms with van der Waals surface area (Å²) in [6, 6.07) is 13.6. The van der Waals surface area contributed by atoms with E-state index in [1.165, 1.54) is 0 Å². The summed E-state index contributed by atoms with van der Waals surface area (Å²) in [5.41, 5.74) is 2.87. The first-order valence-electron chi connectivity index (χ1n) is 6.77. The number of methoxy groups -OCH3 is 1. The number of ether oxygens (including phenoxy) is 1. The zero-order valence-corrected chi connectivity index (χ0v) is 13.7. The minimum absolute atomic E-state index is 0.0616. The Bertz CT molecular complexity index is 640. The molecule has 2 rings (SSSR count). The number of amides is 1. The zero-order valence-electron chi connectivity index (χ0n) is 12.2. The van der Waals surface area contributed by atoms with Crippen LogP contribution in [-0.4, -0.2) is 19.6 Å². The summed E-state index contributed by atoms with van der Waals surface area (Å²) in [7, 11) is 1.65. The second kappa shape index (κ2) is 7.27. The highest BCUT2D eigenvalue weighted by molar-refractivity contribution is 9.10. The Hall–Kier alpha value is -1.81. The molecule has 4 heteroatoms. The van der Waals surface area contributed by atoms with Crippen molar-refractivity contribution >= 4 is 21.8 Å². The molecule has 1 N–H and O–H groups in total. The van der Waals surface area contributed by atoms with Crippen molar-refractivity contribution in [3.05, 3.63) is 63.6 Å². The van der Waals surface area contributed by atoms with E-state index in [1.54, 1.807) is 7.11 Å². The standard InChI is InChI=1S/C17H18BrNO2/c1-12-6-7-16(18)15(10-12)17(20)19-9-8-13-4-3-5-14(11-13)21-2/h3-7,10-11H,8-9H2,1-2H3,(H,19,20). The van der Waals surface area contributed by atoms with Crippen LogP contribution in [-0.2, 0) is 6.42 Å². The largest absolute Gasteiger partial charge is 0.497 e. The smallest absolute Gasteiger partial charge is 0.252 e. The summed E-state index contributed by atoms with van der Waals surface area (Å²) in [5, 5.41) is 2.94. The maximum Gasteiger partial charge on any atom is 0.252 e. The van der Waals surface area contributed by atoms with Crippen LogP contribution in [0.1, 0.15) is 21.5 Å². The molecule has 0 aromatic heterocycles. The molecule has 2 aromatic rings. The van der Waals surface area contributed by atoms with Gasteiger partial charge < -0.3 is 10.1 Å². The Morgan fingerprint density at radius 2 is 2.05 bits per heavy atom. The fourth-order valence-electron chi connectivity index (χ4n) is 2.06. The molecule has 0 radical (unpaired) electrons. The molecule has 1 amide bonds. The topological polar surface area (TPSA) is 38.3 Å². The molecule has 0 bridgehead atoms. The van der Waals surface area contributed by atoms with E-state index in [4.69, 9.17) is 4.74 Å². The van der Waals surface area contributed by atoms with Crippen molar-refractivity contribution in [1.29, 1.82) is 0 Å². The van der Waals surface area contributed by atoms with Gasteiger partial charge in [-0.25, -0.2) is 0 Å². The van der Waals surface area contributed by atoms with Gasteiger partial charge in [-0.3, -0.25) is 4.79 Å². The molecule has 0 atom stereocenters. The van der Waals surface area contributed by atoms with Crippen molar-refractivity contribution in [2.75, 3.05) is 13.7 Å². The van der Waals surface area contributed by atoms with Gasteiger partial charge in [0.05, 0.1) is 12.7 Å². The number of hydrogen-bond acceptors (Lipinski definition) is 2. The van der Waals surface area contributed by atoms with E-state index in [2.05, 4.69) is 21.2 Å². The lowest BCUT2D eigenvalue weighted by atomic mass is 10.1. The number of carbonyl (C=O) groups excluding carboxylic acids is 1. The molecule has 110 valence electrons. The molecule has 21 heavy (non-hydrogen) atoms. The van der Waals surface area contributed by atoms with Crippen molar-refractivity contribution in [3.63, 3.8) is 0 Å². The minimum atomic E-state index is -0.0616. The quantitative estimate of drug-likeness (QED) is 0.894. The lowest BCUT2D eigenvalue weighted by Gasteiger charge is -2.08. The summed E-state index contributed by atoms with van der Waals surface area (Å²) in [6.45, 7) is 2.56. The minimum Gasteiger partial charge on any atom is -0.497 e. The summed E-state index contributed by atoms with van der Waals surface area (Å²) < 4.78 is 6.00. The first-order chi connectivity index (χ1) is 10.1. The van der Waals surface area contributed by atoms with Crippen LogP contribution in [0.15, 0.2) is 46.9 Å². The van der Waals surface area contributed by atoms with Crippen LogP contribution in [0.5, 0.6) is 5.75 Å². The zero-order chi connectivity index (χ0) is 15.2. The summed E-state index contributed by atoms with van der Waals surface area (Å²) in [5.74, 6) is 0.772. The van der Waals surface area contributed by atoms with Gasteiger partial charge in [-0.1, -0.05) is 23.8 Å². The summed E-state index contributed by atoms with van der Waals surface area (Å²) >= 11 is 3.41. The predicted octanol–water partition coefficient (Wildman–Crippen LogP) is 3.74. The summed E-state index contributed by atoms with van der Waals surface area (Å²) in [4.78, 5) is 12.2. The summed E-state index contributed by atoms with van der Waals surface area (Å²) in [6.07, 6.45) is 0.770. The molecule has 0 aliphatic carbocycles. The normalized spacial score (nSPS) is 10.2. The maximum atomic E-state index is 12.2.